The minimum absolute atomic E-state index is 0.0605. The molecule has 3 N–H and O–H groups in total. The van der Waals surface area contributed by atoms with E-state index in [2.05, 4.69) is 53.0 Å². The van der Waals surface area contributed by atoms with E-state index in [-0.39, 0.29) is 11.7 Å². The van der Waals surface area contributed by atoms with Gasteiger partial charge in [-0.05, 0) is 58.2 Å². The van der Waals surface area contributed by atoms with Crippen LogP contribution in [0.2, 0.25) is 0 Å². The number of hydrogen-bond acceptors (Lipinski definition) is 3. The standard InChI is InChI=1S/C35H27N5/c1-24-30-15-6-5-12-26(30)19-21-40(32-17-8-7-16-31(24)32)33-23-29(18-20-38-33)35(37)39-34(36)28-14-9-13-27(22-28)25-10-3-2-4-11-25/h2-23H,1H2,(H3,36,37,39)/b21-19-. The molecule has 5 nitrogen and oxygen atoms in total. The van der Waals surface area contributed by atoms with Gasteiger partial charge < -0.3 is 10.6 Å². The Labute approximate surface area is 233 Å². The van der Waals surface area contributed by atoms with Crippen LogP contribution in [0.4, 0.5) is 11.5 Å². The summed E-state index contributed by atoms with van der Waals surface area (Å²) in [6, 6.07) is 38.0. The molecule has 1 aromatic heterocycles. The number of nitrogens with two attached hydrogens (primary N) is 1. The second-order valence-corrected chi connectivity index (χ2v) is 9.46. The summed E-state index contributed by atoms with van der Waals surface area (Å²) in [6.07, 6.45) is 5.76. The van der Waals surface area contributed by atoms with Crippen LogP contribution >= 0.6 is 0 Å². The van der Waals surface area contributed by atoms with Crippen molar-refractivity contribution in [2.75, 3.05) is 4.90 Å². The van der Waals surface area contributed by atoms with Crippen LogP contribution < -0.4 is 10.6 Å². The van der Waals surface area contributed by atoms with E-state index in [1.54, 1.807) is 12.3 Å². The van der Waals surface area contributed by atoms with Gasteiger partial charge in [0.15, 0.2) is 5.84 Å². The maximum Gasteiger partial charge on any atom is 0.154 e. The van der Waals surface area contributed by atoms with Crippen LogP contribution in [-0.4, -0.2) is 16.7 Å². The first-order chi connectivity index (χ1) is 19.6. The molecule has 0 unspecified atom stereocenters. The predicted molar refractivity (Wildman–Crippen MR) is 166 cm³/mol. The van der Waals surface area contributed by atoms with Gasteiger partial charge in [-0.15, -0.1) is 0 Å². The lowest BCUT2D eigenvalue weighted by Gasteiger charge is -2.26. The summed E-state index contributed by atoms with van der Waals surface area (Å²) in [6.45, 7) is 4.41. The normalized spacial score (nSPS) is 13.6. The molecule has 0 amide bonds. The van der Waals surface area contributed by atoms with E-state index >= 15 is 0 Å². The lowest BCUT2D eigenvalue weighted by Crippen LogP contribution is -2.17. The second kappa shape index (κ2) is 10.7. The van der Waals surface area contributed by atoms with Crippen molar-refractivity contribution in [2.45, 2.75) is 0 Å². The Kier molecular flexibility index (Phi) is 6.61. The molecular formula is C35H27N5. The summed E-state index contributed by atoms with van der Waals surface area (Å²) < 4.78 is 0. The fourth-order valence-electron chi connectivity index (χ4n) is 4.87. The SMILES string of the molecule is C=C1c2ccccc2/C=C\N(c2cc(C(=N)N=C(N)c3cccc(-c4ccccc4)c3)ccn2)c2ccccc21. The zero-order chi connectivity index (χ0) is 27.5. The highest BCUT2D eigenvalue weighted by atomic mass is 15.2. The minimum atomic E-state index is 0.0605. The van der Waals surface area contributed by atoms with Crippen LogP contribution in [0.3, 0.4) is 0 Å². The molecule has 192 valence electrons. The third-order valence-corrected chi connectivity index (χ3v) is 6.94. The molecular weight excluding hydrogens is 490 g/mol. The number of pyridine rings is 1. The van der Waals surface area contributed by atoms with Crippen LogP contribution in [-0.2, 0) is 0 Å². The first kappa shape index (κ1) is 24.8. The van der Waals surface area contributed by atoms with Gasteiger partial charge in [-0.25, -0.2) is 9.98 Å². The third kappa shape index (κ3) is 4.84. The van der Waals surface area contributed by atoms with Crippen LogP contribution in [0.25, 0.3) is 22.8 Å². The molecule has 1 aliphatic heterocycles. The van der Waals surface area contributed by atoms with Crippen molar-refractivity contribution in [3.8, 4) is 11.1 Å². The summed E-state index contributed by atoms with van der Waals surface area (Å²) in [5.74, 6) is 1.01. The molecule has 5 aromatic rings. The van der Waals surface area contributed by atoms with Gasteiger partial charge in [0.2, 0.25) is 0 Å². The third-order valence-electron chi connectivity index (χ3n) is 6.94. The Hall–Kier alpha value is -5.55. The Morgan fingerprint density at radius 2 is 1.48 bits per heavy atom. The summed E-state index contributed by atoms with van der Waals surface area (Å²) in [4.78, 5) is 11.1. The number of aromatic nitrogens is 1. The van der Waals surface area contributed by atoms with Crippen molar-refractivity contribution in [3.63, 3.8) is 0 Å². The van der Waals surface area contributed by atoms with E-state index in [1.165, 1.54) is 0 Å². The predicted octanol–water partition coefficient (Wildman–Crippen LogP) is 7.66. The summed E-state index contributed by atoms with van der Waals surface area (Å²) in [7, 11) is 0. The van der Waals surface area contributed by atoms with Gasteiger partial charge >= 0.3 is 0 Å². The number of hydrogen-bond donors (Lipinski definition) is 2. The topological polar surface area (TPSA) is 78.4 Å². The summed E-state index contributed by atoms with van der Waals surface area (Å²) >= 11 is 0. The number of fused-ring (bicyclic) bond motifs is 2. The van der Waals surface area contributed by atoms with Gasteiger partial charge in [-0.3, -0.25) is 5.41 Å². The molecule has 0 saturated carbocycles. The smallest absolute Gasteiger partial charge is 0.154 e. The Morgan fingerprint density at radius 3 is 2.33 bits per heavy atom. The van der Waals surface area contributed by atoms with E-state index in [0.717, 1.165) is 44.6 Å². The van der Waals surface area contributed by atoms with E-state index in [0.29, 0.717) is 11.4 Å². The number of para-hydroxylation sites is 1. The summed E-state index contributed by atoms with van der Waals surface area (Å²) in [5.41, 5.74) is 15.0. The molecule has 0 radical (unpaired) electrons. The second-order valence-electron chi connectivity index (χ2n) is 9.46. The monoisotopic (exact) mass is 517 g/mol. The van der Waals surface area contributed by atoms with Gasteiger partial charge in [0.05, 0.1) is 5.69 Å². The fourth-order valence-corrected chi connectivity index (χ4v) is 4.87. The minimum Gasteiger partial charge on any atom is -0.383 e. The van der Waals surface area contributed by atoms with Crippen LogP contribution in [0.5, 0.6) is 0 Å². The van der Waals surface area contributed by atoms with Gasteiger partial charge in [-0.2, -0.15) is 0 Å². The quantitative estimate of drug-likeness (QED) is 0.190. The van der Waals surface area contributed by atoms with Crippen molar-refractivity contribution < 1.29 is 0 Å². The number of rotatable bonds is 4. The van der Waals surface area contributed by atoms with Crippen molar-refractivity contribution in [3.05, 3.63) is 162 Å². The number of nitrogens with zero attached hydrogens (tertiary/aromatic N) is 3. The van der Waals surface area contributed by atoms with Gasteiger partial charge in [0.1, 0.15) is 11.7 Å². The highest BCUT2D eigenvalue weighted by molar-refractivity contribution is 6.10. The molecule has 0 saturated heterocycles. The molecule has 0 bridgehead atoms. The number of anilines is 2. The van der Waals surface area contributed by atoms with Gasteiger partial charge in [-0.1, -0.05) is 97.6 Å². The highest BCUT2D eigenvalue weighted by Crippen LogP contribution is 2.38. The first-order valence-corrected chi connectivity index (χ1v) is 13.0. The maximum absolute atomic E-state index is 8.74. The van der Waals surface area contributed by atoms with Crippen molar-refractivity contribution in [2.24, 2.45) is 10.7 Å². The van der Waals surface area contributed by atoms with Crippen LogP contribution in [0.15, 0.2) is 139 Å². The molecule has 0 spiro atoms. The highest BCUT2D eigenvalue weighted by Gasteiger charge is 2.19. The number of aliphatic imine (C=N–C) groups is 1. The molecule has 5 heteroatoms. The van der Waals surface area contributed by atoms with Crippen molar-refractivity contribution >= 4 is 34.8 Å². The van der Waals surface area contributed by atoms with Gasteiger partial charge in [0.25, 0.3) is 0 Å². The molecule has 0 aliphatic carbocycles. The molecule has 0 atom stereocenters. The average molecular weight is 518 g/mol. The lowest BCUT2D eigenvalue weighted by molar-refractivity contribution is 1.17. The molecule has 40 heavy (non-hydrogen) atoms. The van der Waals surface area contributed by atoms with Crippen LogP contribution in [0.1, 0.15) is 27.8 Å². The molecule has 2 heterocycles. The fraction of sp³-hybridized carbons (Fsp3) is 0. The number of nitrogens with one attached hydrogen (secondary N) is 1. The van der Waals surface area contributed by atoms with E-state index < -0.39 is 0 Å². The molecule has 4 aromatic carbocycles. The summed E-state index contributed by atoms with van der Waals surface area (Å²) in [5, 5.41) is 8.74. The maximum atomic E-state index is 8.74. The van der Waals surface area contributed by atoms with E-state index in [4.69, 9.17) is 11.1 Å². The van der Waals surface area contributed by atoms with Crippen molar-refractivity contribution in [1.29, 1.82) is 5.41 Å². The van der Waals surface area contributed by atoms with Crippen molar-refractivity contribution in [1.82, 2.24) is 4.98 Å². The Balaban J connectivity index is 1.34. The zero-order valence-electron chi connectivity index (χ0n) is 21.8. The lowest BCUT2D eigenvalue weighted by atomic mass is 9.92. The number of amidine groups is 2. The average Bonchev–Trinajstić information content (AvgIpc) is 3.01. The Morgan fingerprint density at radius 1 is 0.750 bits per heavy atom. The van der Waals surface area contributed by atoms with E-state index in [1.807, 2.05) is 90.0 Å². The largest absolute Gasteiger partial charge is 0.383 e. The Bertz CT molecular complexity index is 1800. The molecule has 1 aliphatic rings. The first-order valence-electron chi connectivity index (χ1n) is 13.0. The molecule has 0 fully saturated rings. The van der Waals surface area contributed by atoms with Crippen LogP contribution in [0, 0.1) is 5.41 Å². The van der Waals surface area contributed by atoms with Gasteiger partial charge in [0, 0.05) is 29.1 Å². The zero-order valence-corrected chi connectivity index (χ0v) is 21.8. The van der Waals surface area contributed by atoms with E-state index in [9.17, 15) is 0 Å². The number of benzene rings is 4. The molecule has 6 rings (SSSR count).